The minimum Gasteiger partial charge on any atom is -0.359 e. The number of anilines is 1. The van der Waals surface area contributed by atoms with Crippen molar-refractivity contribution >= 4 is 40.1 Å². The Balaban J connectivity index is 1.56. The van der Waals surface area contributed by atoms with Crippen molar-refractivity contribution in [1.82, 2.24) is 5.32 Å². The van der Waals surface area contributed by atoms with Crippen LogP contribution in [0.3, 0.4) is 0 Å². The summed E-state index contributed by atoms with van der Waals surface area (Å²) in [4.78, 5) is 26.6. The summed E-state index contributed by atoms with van der Waals surface area (Å²) in [5.74, 6) is -0.531. The number of carbonyl (C=O) groups excluding carboxylic acids is 2. The van der Waals surface area contributed by atoms with Crippen molar-refractivity contribution in [2.24, 2.45) is 10.2 Å². The van der Waals surface area contributed by atoms with Gasteiger partial charge in [-0.1, -0.05) is 54.1 Å². The van der Waals surface area contributed by atoms with E-state index in [0.717, 1.165) is 28.1 Å². The Morgan fingerprint density at radius 2 is 1.60 bits per heavy atom. The summed E-state index contributed by atoms with van der Waals surface area (Å²) >= 11 is 1.32. The second-order valence-corrected chi connectivity index (χ2v) is 9.19. The maximum absolute atomic E-state index is 13.3. The third-order valence-electron chi connectivity index (χ3n) is 5.52. The van der Waals surface area contributed by atoms with Gasteiger partial charge in [-0.2, -0.15) is 10.2 Å². The van der Waals surface area contributed by atoms with Gasteiger partial charge in [-0.05, 0) is 67.6 Å². The lowest BCUT2D eigenvalue weighted by Crippen LogP contribution is -2.46. The first kappa shape index (κ1) is 24.0. The molecule has 0 aliphatic rings. The van der Waals surface area contributed by atoms with Gasteiger partial charge in [0.05, 0.1) is 16.3 Å². The number of azo groups is 1. The first-order valence-electron chi connectivity index (χ1n) is 11.2. The Morgan fingerprint density at radius 3 is 2.29 bits per heavy atom. The Hall–Kier alpha value is -4.10. The number of rotatable bonds is 8. The fraction of sp³-hybridized carbons (Fsp3) is 0.143. The van der Waals surface area contributed by atoms with E-state index >= 15 is 0 Å². The van der Waals surface area contributed by atoms with Crippen LogP contribution in [-0.2, 0) is 0 Å². The summed E-state index contributed by atoms with van der Waals surface area (Å²) in [6.07, 6.45) is -0.939. The molecule has 0 radical (unpaired) electrons. The number of aryl methyl sites for hydroxylation is 3. The number of Topliss-reactive ketones (excluding diaryl/α,β-unsaturated/α-hetero) is 1. The largest absolute Gasteiger partial charge is 0.359 e. The molecule has 35 heavy (non-hydrogen) atoms. The predicted molar refractivity (Wildman–Crippen MR) is 141 cm³/mol. The number of nitrogens with one attached hydrogen (secondary N) is 2. The first-order chi connectivity index (χ1) is 16.9. The smallest absolute Gasteiger partial charge is 0.263 e. The fourth-order valence-electron chi connectivity index (χ4n) is 3.48. The summed E-state index contributed by atoms with van der Waals surface area (Å²) in [6.45, 7) is 5.87. The molecule has 0 saturated heterocycles. The average molecular weight is 483 g/mol. The highest BCUT2D eigenvalue weighted by molar-refractivity contribution is 7.12. The van der Waals surface area contributed by atoms with Gasteiger partial charge in [0.1, 0.15) is 0 Å². The normalized spacial score (nSPS) is 11.9. The van der Waals surface area contributed by atoms with Crippen molar-refractivity contribution in [3.63, 3.8) is 0 Å². The molecule has 0 aliphatic heterocycles. The molecule has 1 atom stereocenters. The van der Waals surface area contributed by atoms with Crippen LogP contribution in [0.5, 0.6) is 0 Å². The van der Waals surface area contributed by atoms with E-state index in [4.69, 9.17) is 0 Å². The van der Waals surface area contributed by atoms with E-state index in [0.29, 0.717) is 16.1 Å². The molecule has 4 rings (SSSR count). The zero-order valence-corrected chi connectivity index (χ0v) is 20.6. The molecule has 4 aromatic rings. The van der Waals surface area contributed by atoms with Crippen LogP contribution in [0.25, 0.3) is 0 Å². The Morgan fingerprint density at radius 1 is 0.829 bits per heavy atom. The molecule has 0 saturated carbocycles. The second-order valence-electron chi connectivity index (χ2n) is 8.24. The minimum absolute atomic E-state index is 0.224. The third kappa shape index (κ3) is 6.07. The molecule has 0 bridgehead atoms. The first-order valence-corrected chi connectivity index (χ1v) is 12.1. The number of carbonyl (C=O) groups is 2. The molecule has 7 heteroatoms. The van der Waals surface area contributed by atoms with E-state index in [2.05, 4.69) is 20.9 Å². The molecular weight excluding hydrogens is 456 g/mol. The lowest BCUT2D eigenvalue weighted by atomic mass is 10.1. The van der Waals surface area contributed by atoms with E-state index in [9.17, 15) is 9.59 Å². The number of benzene rings is 3. The number of hydrogen-bond acceptors (Lipinski definition) is 6. The summed E-state index contributed by atoms with van der Waals surface area (Å²) < 4.78 is 0. The van der Waals surface area contributed by atoms with Crippen molar-refractivity contribution in [1.29, 1.82) is 0 Å². The van der Waals surface area contributed by atoms with Gasteiger partial charge in [-0.15, -0.1) is 11.3 Å². The number of ketones is 1. The van der Waals surface area contributed by atoms with E-state index in [1.165, 1.54) is 11.3 Å². The van der Waals surface area contributed by atoms with Crippen LogP contribution in [0.4, 0.5) is 17.1 Å². The summed E-state index contributed by atoms with van der Waals surface area (Å²) in [7, 11) is 0. The zero-order chi connectivity index (χ0) is 24.8. The van der Waals surface area contributed by atoms with Crippen molar-refractivity contribution in [3.05, 3.63) is 111 Å². The Kier molecular flexibility index (Phi) is 7.48. The third-order valence-corrected chi connectivity index (χ3v) is 6.39. The number of hydrogen-bond donors (Lipinski definition) is 2. The van der Waals surface area contributed by atoms with Gasteiger partial charge in [0.15, 0.2) is 6.17 Å². The monoisotopic (exact) mass is 482 g/mol. The topological polar surface area (TPSA) is 82.9 Å². The maximum atomic E-state index is 13.3. The van der Waals surface area contributed by atoms with Crippen LogP contribution in [0.1, 0.15) is 36.7 Å². The van der Waals surface area contributed by atoms with Crippen molar-refractivity contribution in [3.8, 4) is 0 Å². The van der Waals surface area contributed by atoms with Crippen LogP contribution in [0.2, 0.25) is 0 Å². The lowest BCUT2D eigenvalue weighted by Gasteiger charge is -2.21. The number of amides is 1. The van der Waals surface area contributed by atoms with Crippen LogP contribution in [0, 0.1) is 20.8 Å². The van der Waals surface area contributed by atoms with Crippen LogP contribution in [-0.4, -0.2) is 17.9 Å². The van der Waals surface area contributed by atoms with E-state index in [1.807, 2.05) is 80.7 Å². The molecule has 1 heterocycles. The van der Waals surface area contributed by atoms with E-state index in [1.54, 1.807) is 24.3 Å². The quantitative estimate of drug-likeness (QED) is 0.159. The molecule has 6 nitrogen and oxygen atoms in total. The zero-order valence-electron chi connectivity index (χ0n) is 19.8. The Bertz CT molecular complexity index is 1360. The summed E-state index contributed by atoms with van der Waals surface area (Å²) in [5.41, 5.74) is 5.72. The molecule has 1 amide bonds. The number of nitrogens with zero attached hydrogens (tertiary/aromatic N) is 2. The van der Waals surface area contributed by atoms with Gasteiger partial charge in [0.2, 0.25) is 5.78 Å². The SMILES string of the molecule is Cc1ccc(C(=O)C(NC(=O)c2cccs2)Nc2ccc(N=Nc3ccccc3C)cc2C)cc1. The fourth-order valence-corrected chi connectivity index (χ4v) is 4.10. The summed E-state index contributed by atoms with van der Waals surface area (Å²) in [6, 6.07) is 24.2. The molecule has 0 spiro atoms. The van der Waals surface area contributed by atoms with Crippen molar-refractivity contribution in [2.75, 3.05) is 5.32 Å². The summed E-state index contributed by atoms with van der Waals surface area (Å²) in [5, 5.41) is 16.6. The minimum atomic E-state index is -0.939. The lowest BCUT2D eigenvalue weighted by molar-refractivity contribution is 0.0872. The molecule has 2 N–H and O–H groups in total. The highest BCUT2D eigenvalue weighted by Crippen LogP contribution is 2.26. The van der Waals surface area contributed by atoms with Gasteiger partial charge in [-0.25, -0.2) is 0 Å². The standard InChI is InChI=1S/C28H26N4O2S/c1-18-10-12-21(13-11-18)26(33)27(30-28(34)25-9-6-16-35-25)29-23-15-14-22(17-20(23)3)31-32-24-8-5-4-7-19(24)2/h4-17,27,29H,1-3H3,(H,30,34). The van der Waals surface area contributed by atoms with Crippen LogP contribution in [0.15, 0.2) is 94.5 Å². The van der Waals surface area contributed by atoms with Crippen molar-refractivity contribution < 1.29 is 9.59 Å². The van der Waals surface area contributed by atoms with Gasteiger partial charge < -0.3 is 10.6 Å². The molecular formula is C28H26N4O2S. The molecule has 176 valence electrons. The Labute approximate surface area is 208 Å². The van der Waals surface area contributed by atoms with Crippen molar-refractivity contribution in [2.45, 2.75) is 26.9 Å². The molecule has 1 unspecified atom stereocenters. The van der Waals surface area contributed by atoms with Gasteiger partial charge >= 0.3 is 0 Å². The maximum Gasteiger partial charge on any atom is 0.263 e. The van der Waals surface area contributed by atoms with E-state index < -0.39 is 6.17 Å². The molecule has 1 aromatic heterocycles. The van der Waals surface area contributed by atoms with Crippen LogP contribution >= 0.6 is 11.3 Å². The van der Waals surface area contributed by atoms with Gasteiger partial charge in [0, 0.05) is 11.3 Å². The predicted octanol–water partition coefficient (Wildman–Crippen LogP) is 7.14. The molecule has 3 aromatic carbocycles. The molecule has 0 fully saturated rings. The second kappa shape index (κ2) is 10.9. The molecule has 0 aliphatic carbocycles. The number of thiophene rings is 1. The van der Waals surface area contributed by atoms with Gasteiger partial charge in [-0.3, -0.25) is 9.59 Å². The average Bonchev–Trinajstić information content (AvgIpc) is 3.40. The van der Waals surface area contributed by atoms with Gasteiger partial charge in [0.25, 0.3) is 5.91 Å². The van der Waals surface area contributed by atoms with Crippen LogP contribution < -0.4 is 10.6 Å². The highest BCUT2D eigenvalue weighted by Gasteiger charge is 2.23. The highest BCUT2D eigenvalue weighted by atomic mass is 32.1. The van der Waals surface area contributed by atoms with E-state index in [-0.39, 0.29) is 11.7 Å².